The summed E-state index contributed by atoms with van der Waals surface area (Å²) in [5, 5.41) is 21.1. The summed E-state index contributed by atoms with van der Waals surface area (Å²) in [5.74, 6) is -0.804. The number of allylic oxidation sites excluding steroid dienone is 1. The van der Waals surface area contributed by atoms with E-state index < -0.39 is 23.5 Å². The summed E-state index contributed by atoms with van der Waals surface area (Å²) in [6.07, 6.45) is 8.03. The molecule has 1 aromatic carbocycles. The molecule has 216 valence electrons. The van der Waals surface area contributed by atoms with Crippen LogP contribution in [0, 0.1) is 22.7 Å². The minimum Gasteiger partial charge on any atom is -0.462 e. The Hall–Kier alpha value is -2.94. The second-order valence-corrected chi connectivity index (χ2v) is 12.4. The van der Waals surface area contributed by atoms with Gasteiger partial charge in [-0.1, -0.05) is 38.1 Å². The third kappa shape index (κ3) is 4.70. The van der Waals surface area contributed by atoms with Crippen molar-refractivity contribution in [2.24, 2.45) is 22.7 Å². The van der Waals surface area contributed by atoms with Gasteiger partial charge < -0.3 is 29.3 Å². The third-order valence-corrected chi connectivity index (χ3v) is 9.89. The molecule has 0 radical (unpaired) electrons. The van der Waals surface area contributed by atoms with Crippen LogP contribution in [0.4, 0.5) is 5.69 Å². The van der Waals surface area contributed by atoms with Gasteiger partial charge in [-0.2, -0.15) is 0 Å². The summed E-state index contributed by atoms with van der Waals surface area (Å²) in [5.41, 5.74) is 1.04. The Labute approximate surface area is 236 Å². The topological polar surface area (TPSA) is 109 Å². The molecule has 8 nitrogen and oxygen atoms in total. The summed E-state index contributed by atoms with van der Waals surface area (Å²) in [6, 6.07) is 7.42. The lowest BCUT2D eigenvalue weighted by Gasteiger charge is -2.60. The summed E-state index contributed by atoms with van der Waals surface area (Å²) >= 11 is 0. The van der Waals surface area contributed by atoms with Crippen molar-refractivity contribution < 1.29 is 34.0 Å². The number of fused-ring (bicyclic) bond motifs is 1. The van der Waals surface area contributed by atoms with E-state index in [1.54, 1.807) is 19.1 Å². The highest BCUT2D eigenvalue weighted by Crippen LogP contribution is 2.65. The molecule has 2 aliphatic heterocycles. The molecule has 3 fully saturated rings. The Morgan fingerprint density at radius 2 is 1.88 bits per heavy atom. The Bertz CT molecular complexity index is 1260. The maximum atomic E-state index is 13.0. The van der Waals surface area contributed by atoms with E-state index in [0.29, 0.717) is 24.2 Å². The van der Waals surface area contributed by atoms with Gasteiger partial charge in [0.15, 0.2) is 0 Å². The standard InChI is InChI=1S/C32H41NO7/c1-6-38-29(37)27(20-7-10-22(11-8-20)33(4)5)23-17-21(28(36)40-23)9-12-25-30(2)15-14-26(35)31(3,18-34)24(30)13-16-32(25)19-39-32/h7-12,17,24-26,34-35H,6,13-16,18-19H2,1-5H3/b12-9+,27-23-/t24?,25?,26-,30+,31+,32?/m1/s1. The summed E-state index contributed by atoms with van der Waals surface area (Å²) in [6.45, 7) is 6.74. The molecule has 4 aliphatic rings. The number of nitrogens with zero attached hydrogens (tertiary/aromatic N) is 1. The number of hydrogen-bond acceptors (Lipinski definition) is 8. The van der Waals surface area contributed by atoms with Crippen LogP contribution in [0.5, 0.6) is 0 Å². The third-order valence-electron chi connectivity index (χ3n) is 9.89. The Balaban J connectivity index is 1.50. The molecule has 1 spiro atoms. The molecule has 5 rings (SSSR count). The van der Waals surface area contributed by atoms with Crippen molar-refractivity contribution in [1.29, 1.82) is 0 Å². The van der Waals surface area contributed by atoms with Gasteiger partial charge in [0.1, 0.15) is 11.3 Å². The van der Waals surface area contributed by atoms with Gasteiger partial charge in [-0.05, 0) is 67.7 Å². The number of cyclic esters (lactones) is 1. The van der Waals surface area contributed by atoms with Crippen LogP contribution in [-0.2, 0) is 23.8 Å². The first-order valence-corrected chi connectivity index (χ1v) is 14.2. The van der Waals surface area contributed by atoms with Crippen LogP contribution in [0.1, 0.15) is 52.0 Å². The van der Waals surface area contributed by atoms with Gasteiger partial charge in [0.25, 0.3) is 0 Å². The van der Waals surface area contributed by atoms with Crippen molar-refractivity contribution in [3.8, 4) is 0 Å². The predicted molar refractivity (Wildman–Crippen MR) is 151 cm³/mol. The van der Waals surface area contributed by atoms with E-state index >= 15 is 0 Å². The minimum absolute atomic E-state index is 0.00181. The SMILES string of the molecule is CCOC(=O)/C(=C1C=C(/C=C/C2C3(CCC4[C@]2(C)CC[C@@H](O)[C@@]4(C)CO)CO3)C(=O)O/1)c1ccc(N(C)C)cc1. The van der Waals surface area contributed by atoms with E-state index in [4.69, 9.17) is 14.2 Å². The van der Waals surface area contributed by atoms with E-state index in [2.05, 4.69) is 13.0 Å². The Morgan fingerprint density at radius 3 is 2.48 bits per heavy atom. The van der Waals surface area contributed by atoms with Gasteiger partial charge in [0.2, 0.25) is 0 Å². The number of rotatable bonds is 7. The van der Waals surface area contributed by atoms with Crippen LogP contribution >= 0.6 is 0 Å². The molecule has 3 unspecified atom stereocenters. The van der Waals surface area contributed by atoms with Crippen molar-refractivity contribution in [3.05, 3.63) is 59.4 Å². The van der Waals surface area contributed by atoms with Crippen LogP contribution in [0.2, 0.25) is 0 Å². The zero-order valence-electron chi connectivity index (χ0n) is 24.1. The maximum Gasteiger partial charge on any atom is 0.343 e. The fourth-order valence-corrected chi connectivity index (χ4v) is 7.46. The first-order chi connectivity index (χ1) is 19.0. The number of epoxide rings is 1. The Kier molecular flexibility index (Phi) is 7.48. The van der Waals surface area contributed by atoms with Gasteiger partial charge >= 0.3 is 11.9 Å². The summed E-state index contributed by atoms with van der Waals surface area (Å²) in [7, 11) is 3.87. The van der Waals surface area contributed by atoms with Gasteiger partial charge in [-0.15, -0.1) is 0 Å². The molecule has 40 heavy (non-hydrogen) atoms. The van der Waals surface area contributed by atoms with Gasteiger partial charge in [-0.25, -0.2) is 9.59 Å². The summed E-state index contributed by atoms with van der Waals surface area (Å²) < 4.78 is 17.0. The van der Waals surface area contributed by atoms with Crippen LogP contribution in [0.3, 0.4) is 0 Å². The number of aliphatic hydroxyl groups excluding tert-OH is 2. The smallest absolute Gasteiger partial charge is 0.343 e. The fourth-order valence-electron chi connectivity index (χ4n) is 7.46. The first kappa shape index (κ1) is 28.6. The molecule has 1 aromatic rings. The van der Waals surface area contributed by atoms with Crippen molar-refractivity contribution in [3.63, 3.8) is 0 Å². The monoisotopic (exact) mass is 551 g/mol. The highest BCUT2D eigenvalue weighted by molar-refractivity contribution is 6.19. The number of hydrogen-bond donors (Lipinski definition) is 2. The lowest BCUT2D eigenvalue weighted by atomic mass is 9.45. The zero-order chi connectivity index (χ0) is 28.9. The molecule has 2 heterocycles. The summed E-state index contributed by atoms with van der Waals surface area (Å²) in [4.78, 5) is 28.0. The van der Waals surface area contributed by atoms with E-state index in [1.807, 2.05) is 50.2 Å². The largest absolute Gasteiger partial charge is 0.462 e. The normalized spacial score (nSPS) is 36.2. The number of aliphatic hydroxyl groups is 2. The van der Waals surface area contributed by atoms with E-state index in [9.17, 15) is 19.8 Å². The van der Waals surface area contributed by atoms with E-state index in [-0.39, 0.29) is 47.4 Å². The van der Waals surface area contributed by atoms with Gasteiger partial charge in [-0.3, -0.25) is 0 Å². The van der Waals surface area contributed by atoms with Crippen molar-refractivity contribution in [2.45, 2.75) is 58.2 Å². The van der Waals surface area contributed by atoms with Crippen molar-refractivity contribution in [2.75, 3.05) is 38.8 Å². The number of anilines is 1. The predicted octanol–water partition coefficient (Wildman–Crippen LogP) is 4.02. The van der Waals surface area contributed by atoms with Gasteiger partial charge in [0, 0.05) is 31.1 Å². The second-order valence-electron chi connectivity index (χ2n) is 12.4. The average molecular weight is 552 g/mol. The molecule has 0 bridgehead atoms. The molecule has 0 amide bonds. The van der Waals surface area contributed by atoms with E-state index in [1.165, 1.54) is 0 Å². The molecule has 8 heteroatoms. The van der Waals surface area contributed by atoms with Crippen LogP contribution in [0.15, 0.2) is 53.8 Å². The number of carbonyl (C=O) groups excluding carboxylic acids is 2. The second kappa shape index (κ2) is 10.5. The fraction of sp³-hybridized carbons (Fsp3) is 0.562. The van der Waals surface area contributed by atoms with Crippen LogP contribution in [0.25, 0.3) is 5.57 Å². The molecular formula is C32H41NO7. The molecule has 0 aromatic heterocycles. The minimum atomic E-state index is -0.590. The molecule has 1 saturated heterocycles. The highest BCUT2D eigenvalue weighted by atomic mass is 16.6. The van der Waals surface area contributed by atoms with Crippen LogP contribution in [-0.4, -0.2) is 67.8 Å². The quantitative estimate of drug-likeness (QED) is 0.297. The van der Waals surface area contributed by atoms with Crippen molar-refractivity contribution >= 4 is 23.2 Å². The maximum absolute atomic E-state index is 13.0. The van der Waals surface area contributed by atoms with Crippen LogP contribution < -0.4 is 4.90 Å². The number of esters is 2. The average Bonchev–Trinajstić information content (AvgIpc) is 3.60. The molecule has 2 aliphatic carbocycles. The highest BCUT2D eigenvalue weighted by Gasteiger charge is 2.66. The number of benzene rings is 1. The first-order valence-electron chi connectivity index (χ1n) is 14.2. The lowest BCUT2D eigenvalue weighted by molar-refractivity contribution is -0.167. The molecule has 6 atom stereocenters. The van der Waals surface area contributed by atoms with Gasteiger partial charge in [0.05, 0.1) is 37.1 Å². The zero-order valence-corrected chi connectivity index (χ0v) is 24.1. The molecular weight excluding hydrogens is 510 g/mol. The molecule has 2 N–H and O–H groups in total. The molecule has 2 saturated carbocycles. The van der Waals surface area contributed by atoms with E-state index in [0.717, 1.165) is 24.9 Å². The number of ether oxygens (including phenoxy) is 3. The lowest BCUT2D eigenvalue weighted by Crippen LogP contribution is -2.60. The number of carbonyl (C=O) groups is 2. The van der Waals surface area contributed by atoms with Crippen molar-refractivity contribution in [1.82, 2.24) is 0 Å². The Morgan fingerprint density at radius 1 is 1.18 bits per heavy atom.